The molecule has 1 N–H and O–H groups in total. The van der Waals surface area contributed by atoms with E-state index >= 15 is 0 Å². The average Bonchev–Trinajstić information content (AvgIpc) is 2.99. The van der Waals surface area contributed by atoms with Gasteiger partial charge < -0.3 is 5.32 Å². The molecular weight excluding hydrogens is 386 g/mol. The Labute approximate surface area is 172 Å². The molecule has 0 aliphatic carbocycles. The number of pyridine rings is 1. The van der Waals surface area contributed by atoms with Crippen LogP contribution in [-0.4, -0.2) is 34.2 Å². The van der Waals surface area contributed by atoms with Crippen LogP contribution in [0.4, 0.5) is 5.69 Å². The van der Waals surface area contributed by atoms with Crippen LogP contribution in [0, 0.1) is 0 Å². The van der Waals surface area contributed by atoms with E-state index in [1.807, 2.05) is 30.5 Å². The van der Waals surface area contributed by atoms with E-state index in [1.165, 1.54) is 0 Å². The number of fused-ring (bicyclic) bond motifs is 1. The molecule has 1 aromatic heterocycles. The summed E-state index contributed by atoms with van der Waals surface area (Å²) in [4.78, 5) is 43.2. The van der Waals surface area contributed by atoms with Gasteiger partial charge in [-0.2, -0.15) is 0 Å². The van der Waals surface area contributed by atoms with Gasteiger partial charge in [0.15, 0.2) is 0 Å². The Morgan fingerprint density at radius 1 is 0.931 bits per heavy atom. The monoisotopic (exact) mass is 403 g/mol. The van der Waals surface area contributed by atoms with E-state index in [0.29, 0.717) is 16.8 Å². The second-order valence-corrected chi connectivity index (χ2v) is 7.51. The minimum absolute atomic E-state index is 0.316. The van der Waals surface area contributed by atoms with Crippen LogP contribution in [0.2, 0.25) is 0 Å². The first-order valence-electron chi connectivity index (χ1n) is 8.98. The van der Waals surface area contributed by atoms with Crippen LogP contribution in [0.1, 0.15) is 26.3 Å². The van der Waals surface area contributed by atoms with Crippen LogP contribution in [-0.2, 0) is 10.5 Å². The van der Waals surface area contributed by atoms with Crippen molar-refractivity contribution in [1.29, 1.82) is 0 Å². The Bertz CT molecular complexity index is 1030. The van der Waals surface area contributed by atoms with Gasteiger partial charge in [0.05, 0.1) is 11.1 Å². The predicted molar refractivity (Wildman–Crippen MR) is 111 cm³/mol. The summed E-state index contributed by atoms with van der Waals surface area (Å²) in [6.07, 6.45) is 3.58. The number of hydrogen-bond donors (Lipinski definition) is 1. The summed E-state index contributed by atoms with van der Waals surface area (Å²) in [5.74, 6) is -0.500. The van der Waals surface area contributed by atoms with Crippen LogP contribution in [0.15, 0.2) is 78.0 Å². The largest absolute Gasteiger partial charge is 0.325 e. The molecular formula is C22H17N3O3S. The molecule has 0 unspecified atom stereocenters. The van der Waals surface area contributed by atoms with Gasteiger partial charge in [-0.05, 0) is 48.0 Å². The van der Waals surface area contributed by atoms with Crippen LogP contribution in [0.3, 0.4) is 0 Å². The van der Waals surface area contributed by atoms with Crippen LogP contribution in [0.5, 0.6) is 0 Å². The highest BCUT2D eigenvalue weighted by Gasteiger charge is 2.36. The minimum Gasteiger partial charge on any atom is -0.325 e. The molecule has 0 fully saturated rings. The van der Waals surface area contributed by atoms with Crippen molar-refractivity contribution >= 4 is 35.2 Å². The Kier molecular flexibility index (Phi) is 5.39. The molecule has 7 heteroatoms. The van der Waals surface area contributed by atoms with E-state index < -0.39 is 17.7 Å². The van der Waals surface area contributed by atoms with Crippen molar-refractivity contribution in [2.45, 2.75) is 10.6 Å². The van der Waals surface area contributed by atoms with Gasteiger partial charge >= 0.3 is 0 Å². The number of aromatic nitrogens is 1. The molecule has 3 amide bonds. The first-order valence-corrected chi connectivity index (χ1v) is 9.97. The van der Waals surface area contributed by atoms with E-state index in [1.54, 1.807) is 54.4 Å². The molecule has 6 nitrogen and oxygen atoms in total. The number of imide groups is 1. The maximum atomic E-state index is 12.3. The molecule has 0 bridgehead atoms. The van der Waals surface area contributed by atoms with Gasteiger partial charge in [0.2, 0.25) is 5.91 Å². The van der Waals surface area contributed by atoms with Crippen molar-refractivity contribution in [1.82, 2.24) is 9.88 Å². The van der Waals surface area contributed by atoms with Crippen LogP contribution >= 0.6 is 11.8 Å². The zero-order valence-corrected chi connectivity index (χ0v) is 16.2. The number of carbonyl (C=O) groups excluding carboxylic acids is 3. The molecule has 1 aliphatic heterocycles. The molecule has 1 aliphatic rings. The topological polar surface area (TPSA) is 79.4 Å². The molecule has 2 aromatic carbocycles. The molecule has 0 spiro atoms. The van der Waals surface area contributed by atoms with Crippen LogP contribution in [0.25, 0.3) is 0 Å². The summed E-state index contributed by atoms with van der Waals surface area (Å²) in [5, 5.41) is 2.73. The Hall–Kier alpha value is -3.45. The maximum absolute atomic E-state index is 12.3. The lowest BCUT2D eigenvalue weighted by atomic mass is 10.1. The highest BCUT2D eigenvalue weighted by Crippen LogP contribution is 2.25. The van der Waals surface area contributed by atoms with Crippen molar-refractivity contribution in [2.75, 3.05) is 11.9 Å². The Balaban J connectivity index is 1.33. The SMILES string of the molecule is O=C(CN1C(=O)c2ccccc2C1=O)Nc1ccc(SCc2cccnc2)cc1. The highest BCUT2D eigenvalue weighted by atomic mass is 32.2. The third kappa shape index (κ3) is 4.20. The van der Waals surface area contributed by atoms with E-state index in [0.717, 1.165) is 21.1 Å². The third-order valence-corrected chi connectivity index (χ3v) is 5.53. The molecule has 0 saturated heterocycles. The maximum Gasteiger partial charge on any atom is 0.262 e. The van der Waals surface area contributed by atoms with Gasteiger partial charge in [0.25, 0.3) is 11.8 Å². The fourth-order valence-corrected chi connectivity index (χ4v) is 3.84. The summed E-state index contributed by atoms with van der Waals surface area (Å²) >= 11 is 1.67. The van der Waals surface area contributed by atoms with Gasteiger partial charge in [-0.25, -0.2) is 0 Å². The first kappa shape index (κ1) is 18.9. The number of amides is 3. The number of benzene rings is 2. The van der Waals surface area contributed by atoms with Gasteiger partial charge in [-0.3, -0.25) is 24.3 Å². The lowest BCUT2D eigenvalue weighted by Gasteiger charge is -2.13. The lowest BCUT2D eigenvalue weighted by molar-refractivity contribution is -0.116. The molecule has 2 heterocycles. The third-order valence-electron chi connectivity index (χ3n) is 4.45. The zero-order chi connectivity index (χ0) is 20.2. The molecule has 0 radical (unpaired) electrons. The molecule has 29 heavy (non-hydrogen) atoms. The average molecular weight is 403 g/mol. The number of carbonyl (C=O) groups is 3. The molecule has 3 aromatic rings. The van der Waals surface area contributed by atoms with E-state index in [2.05, 4.69) is 10.3 Å². The highest BCUT2D eigenvalue weighted by molar-refractivity contribution is 7.98. The number of anilines is 1. The summed E-state index contributed by atoms with van der Waals surface area (Å²) in [5.41, 5.74) is 2.41. The zero-order valence-electron chi connectivity index (χ0n) is 15.4. The van der Waals surface area contributed by atoms with Crippen molar-refractivity contribution in [2.24, 2.45) is 0 Å². The van der Waals surface area contributed by atoms with E-state index in [4.69, 9.17) is 0 Å². The van der Waals surface area contributed by atoms with Gasteiger partial charge in [-0.1, -0.05) is 18.2 Å². The van der Waals surface area contributed by atoms with Gasteiger partial charge in [0, 0.05) is 28.7 Å². The fourth-order valence-electron chi connectivity index (χ4n) is 3.01. The molecule has 4 rings (SSSR count). The van der Waals surface area contributed by atoms with Crippen molar-refractivity contribution in [3.63, 3.8) is 0 Å². The number of nitrogens with zero attached hydrogens (tertiary/aromatic N) is 2. The molecule has 144 valence electrons. The number of hydrogen-bond acceptors (Lipinski definition) is 5. The quantitative estimate of drug-likeness (QED) is 0.502. The van der Waals surface area contributed by atoms with Crippen molar-refractivity contribution < 1.29 is 14.4 Å². The normalized spacial score (nSPS) is 12.8. The number of thioether (sulfide) groups is 1. The first-order chi connectivity index (χ1) is 14.1. The van der Waals surface area contributed by atoms with Crippen molar-refractivity contribution in [3.05, 3.63) is 89.7 Å². The second-order valence-electron chi connectivity index (χ2n) is 6.46. The van der Waals surface area contributed by atoms with Crippen LogP contribution < -0.4 is 5.32 Å². The van der Waals surface area contributed by atoms with Crippen molar-refractivity contribution in [3.8, 4) is 0 Å². The molecule has 0 saturated carbocycles. The summed E-state index contributed by atoms with van der Waals surface area (Å²) in [6, 6.07) is 17.9. The summed E-state index contributed by atoms with van der Waals surface area (Å²) in [7, 11) is 0. The van der Waals surface area contributed by atoms with Gasteiger partial charge in [0.1, 0.15) is 6.54 Å². The summed E-state index contributed by atoms with van der Waals surface area (Å²) in [6.45, 7) is -0.316. The summed E-state index contributed by atoms with van der Waals surface area (Å²) < 4.78 is 0. The predicted octanol–water partition coefficient (Wildman–Crippen LogP) is 3.61. The molecule has 0 atom stereocenters. The smallest absolute Gasteiger partial charge is 0.262 e. The second kappa shape index (κ2) is 8.28. The fraction of sp³-hybridized carbons (Fsp3) is 0.0909. The van der Waals surface area contributed by atoms with Gasteiger partial charge in [-0.15, -0.1) is 11.8 Å². The Morgan fingerprint density at radius 3 is 2.24 bits per heavy atom. The number of nitrogens with one attached hydrogen (secondary N) is 1. The van der Waals surface area contributed by atoms with E-state index in [-0.39, 0.29) is 6.54 Å². The standard InChI is InChI=1S/C22H17N3O3S/c26-20(13-25-21(27)18-5-1-2-6-19(18)22(25)28)24-16-7-9-17(10-8-16)29-14-15-4-3-11-23-12-15/h1-12H,13-14H2,(H,24,26). The number of rotatable bonds is 6. The minimum atomic E-state index is -0.442. The Morgan fingerprint density at radius 2 is 1.62 bits per heavy atom. The lowest BCUT2D eigenvalue weighted by Crippen LogP contribution is -2.37. The van der Waals surface area contributed by atoms with E-state index in [9.17, 15) is 14.4 Å².